The van der Waals surface area contributed by atoms with Crippen molar-refractivity contribution in [1.29, 1.82) is 0 Å². The smallest absolute Gasteiger partial charge is 0.252 e. The highest BCUT2D eigenvalue weighted by Crippen LogP contribution is 2.33. The number of rotatable bonds is 9. The predicted molar refractivity (Wildman–Crippen MR) is 136 cm³/mol. The van der Waals surface area contributed by atoms with E-state index in [2.05, 4.69) is 79.7 Å². The molecule has 0 amide bonds. The Balaban J connectivity index is 1.52. The van der Waals surface area contributed by atoms with Gasteiger partial charge in [0.05, 0.1) is 12.1 Å². The van der Waals surface area contributed by atoms with Crippen molar-refractivity contribution in [2.45, 2.75) is 77.5 Å². The molecule has 1 aliphatic rings. The third-order valence-corrected chi connectivity index (χ3v) is 7.88. The molecule has 0 spiro atoms. The van der Waals surface area contributed by atoms with E-state index < -0.39 is 0 Å². The number of nitrogens with one attached hydrogen (secondary N) is 1. The van der Waals surface area contributed by atoms with Crippen LogP contribution in [-0.2, 0) is 19.5 Å². The van der Waals surface area contributed by atoms with Crippen molar-refractivity contribution in [3.05, 3.63) is 74.0 Å². The van der Waals surface area contributed by atoms with Gasteiger partial charge < -0.3 is 4.98 Å². The number of nitrogens with zero attached hydrogens (tertiary/aromatic N) is 5. The van der Waals surface area contributed by atoms with Gasteiger partial charge in [-0.2, -0.15) is 0 Å². The third-order valence-electron chi connectivity index (χ3n) is 7.02. The molecule has 0 unspecified atom stereocenters. The van der Waals surface area contributed by atoms with Gasteiger partial charge in [0.25, 0.3) is 5.56 Å². The van der Waals surface area contributed by atoms with Gasteiger partial charge in [-0.15, -0.1) is 16.4 Å². The van der Waals surface area contributed by atoms with Gasteiger partial charge in [0, 0.05) is 29.0 Å². The summed E-state index contributed by atoms with van der Waals surface area (Å²) in [6, 6.07) is 13.0. The first-order chi connectivity index (χ1) is 16.7. The van der Waals surface area contributed by atoms with E-state index in [0.29, 0.717) is 12.6 Å². The summed E-state index contributed by atoms with van der Waals surface area (Å²) in [5, 5.41) is 16.1. The summed E-state index contributed by atoms with van der Waals surface area (Å²) in [6.45, 7) is 5.62. The van der Waals surface area contributed by atoms with Crippen LogP contribution in [0.4, 0.5) is 0 Å². The molecule has 0 bridgehead atoms. The molecule has 8 heteroatoms. The maximum atomic E-state index is 13.1. The van der Waals surface area contributed by atoms with Crippen LogP contribution in [0, 0.1) is 0 Å². The van der Waals surface area contributed by atoms with Crippen LogP contribution in [0.2, 0.25) is 0 Å². The van der Waals surface area contributed by atoms with E-state index in [4.69, 9.17) is 0 Å². The minimum Gasteiger partial charge on any atom is -0.322 e. The molecule has 7 nitrogen and oxygen atoms in total. The van der Waals surface area contributed by atoms with Crippen LogP contribution in [0.5, 0.6) is 0 Å². The molecule has 1 aliphatic carbocycles. The number of aromatic nitrogens is 5. The molecule has 0 aliphatic heterocycles. The van der Waals surface area contributed by atoms with Crippen molar-refractivity contribution >= 4 is 22.2 Å². The average Bonchev–Trinajstić information content (AvgIpc) is 3.62. The number of tetrazole rings is 1. The molecule has 1 fully saturated rings. The number of hydrogen-bond donors (Lipinski definition) is 1. The number of pyridine rings is 1. The first kappa shape index (κ1) is 22.9. The van der Waals surface area contributed by atoms with Crippen LogP contribution >= 0.6 is 11.3 Å². The molecule has 1 atom stereocenters. The van der Waals surface area contributed by atoms with Crippen LogP contribution in [0.15, 0.2) is 46.6 Å². The Morgan fingerprint density at radius 3 is 2.76 bits per heavy atom. The van der Waals surface area contributed by atoms with Crippen molar-refractivity contribution in [1.82, 2.24) is 30.1 Å². The van der Waals surface area contributed by atoms with Gasteiger partial charge in [-0.3, -0.25) is 9.69 Å². The number of fused-ring (bicyclic) bond motifs is 1. The van der Waals surface area contributed by atoms with Gasteiger partial charge >= 0.3 is 0 Å². The molecule has 4 aromatic rings. The zero-order chi connectivity index (χ0) is 23.5. The SMILES string of the molecule is CCc1ccc2[nH]c(=O)c(CN(Cc3cccs3)[C@H](CC)c3nnnn3C3CCCC3)cc2c1. The van der Waals surface area contributed by atoms with Crippen LogP contribution in [0.3, 0.4) is 0 Å². The van der Waals surface area contributed by atoms with Crippen LogP contribution < -0.4 is 5.56 Å². The molecule has 178 valence electrons. The lowest BCUT2D eigenvalue weighted by molar-refractivity contribution is 0.159. The Bertz CT molecular complexity index is 1290. The largest absolute Gasteiger partial charge is 0.322 e. The van der Waals surface area contributed by atoms with E-state index in [0.717, 1.165) is 54.5 Å². The number of thiophene rings is 1. The Labute approximate surface area is 203 Å². The summed E-state index contributed by atoms with van der Waals surface area (Å²) in [6.07, 6.45) is 6.55. The van der Waals surface area contributed by atoms with Crippen molar-refractivity contribution in [3.63, 3.8) is 0 Å². The minimum atomic E-state index is -0.0295. The van der Waals surface area contributed by atoms with E-state index in [1.165, 1.54) is 23.3 Å². The number of H-pyrrole nitrogens is 1. The summed E-state index contributed by atoms with van der Waals surface area (Å²) >= 11 is 1.74. The Kier molecular flexibility index (Phi) is 6.87. The fraction of sp³-hybridized carbons (Fsp3) is 0.462. The van der Waals surface area contributed by atoms with Crippen LogP contribution in [-0.4, -0.2) is 30.1 Å². The average molecular weight is 477 g/mol. The van der Waals surface area contributed by atoms with Crippen molar-refractivity contribution in [2.75, 3.05) is 0 Å². The molecular weight excluding hydrogens is 444 g/mol. The Morgan fingerprint density at radius 1 is 1.18 bits per heavy atom. The quantitative estimate of drug-likeness (QED) is 0.349. The fourth-order valence-corrected chi connectivity index (χ4v) is 5.90. The van der Waals surface area contributed by atoms with Crippen molar-refractivity contribution in [2.24, 2.45) is 0 Å². The maximum Gasteiger partial charge on any atom is 0.252 e. The van der Waals surface area contributed by atoms with E-state index in [-0.39, 0.29) is 11.6 Å². The van der Waals surface area contributed by atoms with Gasteiger partial charge in [0.1, 0.15) is 0 Å². The van der Waals surface area contributed by atoms with E-state index >= 15 is 0 Å². The van der Waals surface area contributed by atoms with E-state index in [9.17, 15) is 4.79 Å². The van der Waals surface area contributed by atoms with Crippen LogP contribution in [0.1, 0.15) is 79.9 Å². The topological polar surface area (TPSA) is 79.7 Å². The molecule has 1 aromatic carbocycles. The summed E-state index contributed by atoms with van der Waals surface area (Å²) in [4.78, 5) is 19.8. The first-order valence-corrected chi connectivity index (χ1v) is 13.2. The highest BCUT2D eigenvalue weighted by atomic mass is 32.1. The van der Waals surface area contributed by atoms with Crippen molar-refractivity contribution in [3.8, 4) is 0 Å². The highest BCUT2D eigenvalue weighted by molar-refractivity contribution is 7.09. The molecule has 3 aromatic heterocycles. The van der Waals surface area contributed by atoms with E-state index in [1.807, 2.05) is 6.07 Å². The summed E-state index contributed by atoms with van der Waals surface area (Å²) in [5.74, 6) is 0.913. The number of hydrogen-bond acceptors (Lipinski definition) is 6. The fourth-order valence-electron chi connectivity index (χ4n) is 5.17. The molecular formula is C26H32N6OS. The predicted octanol–water partition coefficient (Wildman–Crippen LogP) is 5.41. The standard InChI is InChI=1S/C26H32N6OS/c1-3-18-11-12-23-19(14-18)15-20(26(33)27-23)16-31(17-22-10-7-13-34-22)24(4-2)25-28-29-30-32(25)21-8-5-6-9-21/h7,10-15,21,24H,3-6,8-9,16-17H2,1-2H3,(H,27,33)/t24-/m1/s1. The Hall–Kier alpha value is -2.84. The third kappa shape index (κ3) is 4.70. The minimum absolute atomic E-state index is 0.0229. The molecule has 34 heavy (non-hydrogen) atoms. The van der Waals surface area contributed by atoms with E-state index in [1.54, 1.807) is 11.3 Å². The lowest BCUT2D eigenvalue weighted by Crippen LogP contribution is -2.32. The molecule has 1 saturated carbocycles. The molecule has 5 rings (SSSR count). The lowest BCUT2D eigenvalue weighted by atomic mass is 10.1. The number of benzene rings is 1. The second-order valence-corrected chi connectivity index (χ2v) is 10.3. The first-order valence-electron chi connectivity index (χ1n) is 12.3. The zero-order valence-corrected chi connectivity index (χ0v) is 20.7. The summed E-state index contributed by atoms with van der Waals surface area (Å²) < 4.78 is 2.06. The van der Waals surface area contributed by atoms with Gasteiger partial charge in [-0.25, -0.2) is 4.68 Å². The maximum absolute atomic E-state index is 13.1. The number of aromatic amines is 1. The number of aryl methyl sites for hydroxylation is 1. The van der Waals surface area contributed by atoms with Gasteiger partial charge in [-0.1, -0.05) is 38.8 Å². The molecule has 3 heterocycles. The van der Waals surface area contributed by atoms with Gasteiger partial charge in [0.2, 0.25) is 0 Å². The van der Waals surface area contributed by atoms with Gasteiger partial charge in [-0.05, 0) is 76.7 Å². The highest BCUT2D eigenvalue weighted by Gasteiger charge is 2.29. The molecule has 0 saturated heterocycles. The van der Waals surface area contributed by atoms with Gasteiger partial charge in [0.15, 0.2) is 5.82 Å². The summed E-state index contributed by atoms with van der Waals surface area (Å²) in [5.41, 5.74) is 2.89. The molecule has 0 radical (unpaired) electrons. The monoisotopic (exact) mass is 476 g/mol. The second-order valence-electron chi connectivity index (χ2n) is 9.23. The lowest BCUT2D eigenvalue weighted by Gasteiger charge is -2.30. The normalized spacial score (nSPS) is 15.5. The molecule has 1 N–H and O–H groups in total. The Morgan fingerprint density at radius 2 is 2.03 bits per heavy atom. The zero-order valence-electron chi connectivity index (χ0n) is 19.9. The van der Waals surface area contributed by atoms with Crippen molar-refractivity contribution < 1.29 is 0 Å². The van der Waals surface area contributed by atoms with Crippen LogP contribution in [0.25, 0.3) is 10.9 Å². The summed E-state index contributed by atoms with van der Waals surface area (Å²) in [7, 11) is 0. The second kappa shape index (κ2) is 10.2.